The van der Waals surface area contributed by atoms with Crippen LogP contribution in [0.2, 0.25) is 0 Å². The summed E-state index contributed by atoms with van der Waals surface area (Å²) < 4.78 is 0. The van der Waals surface area contributed by atoms with Gasteiger partial charge in [0.25, 0.3) is 5.91 Å². The highest BCUT2D eigenvalue weighted by Crippen LogP contribution is 2.32. The first-order valence-corrected chi connectivity index (χ1v) is 9.64. The van der Waals surface area contributed by atoms with E-state index in [1.165, 1.54) is 22.5 Å². The van der Waals surface area contributed by atoms with Crippen LogP contribution in [-0.4, -0.2) is 48.4 Å². The van der Waals surface area contributed by atoms with Crippen LogP contribution in [0.25, 0.3) is 0 Å². The van der Waals surface area contributed by atoms with Crippen LogP contribution in [0, 0.1) is 0 Å². The van der Waals surface area contributed by atoms with E-state index in [-0.39, 0.29) is 11.9 Å². The number of likely N-dealkylation sites (tertiary alicyclic amines) is 1. The molecule has 0 unspecified atom stereocenters. The van der Waals surface area contributed by atoms with Crippen molar-refractivity contribution in [2.75, 3.05) is 33.0 Å². The number of nitrogens with one attached hydrogen (secondary N) is 1. The molecule has 1 amide bonds. The van der Waals surface area contributed by atoms with Gasteiger partial charge in [0, 0.05) is 25.5 Å². The fourth-order valence-electron chi connectivity index (χ4n) is 3.37. The molecule has 1 N–H and O–H groups in total. The Morgan fingerprint density at radius 2 is 2.08 bits per heavy atom. The Labute approximate surface area is 153 Å². The maximum absolute atomic E-state index is 13.0. The van der Waals surface area contributed by atoms with Crippen molar-refractivity contribution in [2.45, 2.75) is 31.8 Å². The second-order valence-corrected chi connectivity index (χ2v) is 7.64. The fourth-order valence-corrected chi connectivity index (χ4v) is 4.01. The molecule has 25 heavy (non-hydrogen) atoms. The second kappa shape index (κ2) is 7.97. The zero-order valence-corrected chi connectivity index (χ0v) is 16.0. The SMILES string of the molecule is CNc1nc(C(=O)N2CCCC[C@@H]2c2ccc(CN(C)C)cc2)cs1. The Morgan fingerprint density at radius 3 is 2.72 bits per heavy atom. The lowest BCUT2D eigenvalue weighted by Gasteiger charge is -2.35. The maximum Gasteiger partial charge on any atom is 0.273 e. The molecule has 1 aliphatic heterocycles. The third kappa shape index (κ3) is 4.19. The van der Waals surface area contributed by atoms with E-state index in [9.17, 15) is 4.79 Å². The zero-order valence-electron chi connectivity index (χ0n) is 15.2. The van der Waals surface area contributed by atoms with E-state index in [0.717, 1.165) is 37.5 Å². The largest absolute Gasteiger partial charge is 0.365 e. The van der Waals surface area contributed by atoms with Crippen molar-refractivity contribution in [3.8, 4) is 0 Å². The average molecular weight is 359 g/mol. The molecule has 0 saturated carbocycles. The van der Waals surface area contributed by atoms with Gasteiger partial charge >= 0.3 is 0 Å². The molecule has 0 radical (unpaired) electrons. The topological polar surface area (TPSA) is 48.5 Å². The van der Waals surface area contributed by atoms with E-state index >= 15 is 0 Å². The number of thiazole rings is 1. The first-order valence-electron chi connectivity index (χ1n) is 8.76. The van der Waals surface area contributed by atoms with Crippen molar-refractivity contribution >= 4 is 22.4 Å². The molecule has 3 rings (SSSR count). The molecule has 2 aromatic rings. The summed E-state index contributed by atoms with van der Waals surface area (Å²) >= 11 is 1.47. The highest BCUT2D eigenvalue weighted by Gasteiger charge is 2.29. The summed E-state index contributed by atoms with van der Waals surface area (Å²) in [5, 5.41) is 5.63. The molecule has 1 atom stereocenters. The van der Waals surface area contributed by atoms with Gasteiger partial charge in [-0.25, -0.2) is 4.98 Å². The summed E-state index contributed by atoms with van der Waals surface area (Å²) in [7, 11) is 5.97. The van der Waals surface area contributed by atoms with Gasteiger partial charge in [-0.3, -0.25) is 4.79 Å². The molecule has 1 saturated heterocycles. The molecule has 1 aromatic heterocycles. The second-order valence-electron chi connectivity index (χ2n) is 6.78. The van der Waals surface area contributed by atoms with Crippen LogP contribution >= 0.6 is 11.3 Å². The minimum atomic E-state index is 0.0415. The number of hydrogen-bond acceptors (Lipinski definition) is 5. The van der Waals surface area contributed by atoms with Crippen LogP contribution in [0.15, 0.2) is 29.6 Å². The normalized spacial score (nSPS) is 17.8. The van der Waals surface area contributed by atoms with Crippen molar-refractivity contribution in [1.29, 1.82) is 0 Å². The van der Waals surface area contributed by atoms with Gasteiger partial charge in [0.2, 0.25) is 0 Å². The summed E-state index contributed by atoms with van der Waals surface area (Å²) in [6.07, 6.45) is 3.23. The molecule has 1 fully saturated rings. The van der Waals surface area contributed by atoms with Gasteiger partial charge < -0.3 is 15.1 Å². The van der Waals surface area contributed by atoms with Gasteiger partial charge in [-0.1, -0.05) is 24.3 Å². The van der Waals surface area contributed by atoms with Crippen LogP contribution in [0.5, 0.6) is 0 Å². The zero-order chi connectivity index (χ0) is 17.8. The summed E-state index contributed by atoms with van der Waals surface area (Å²) in [5.41, 5.74) is 3.06. The number of piperidine rings is 1. The van der Waals surface area contributed by atoms with Crippen molar-refractivity contribution in [1.82, 2.24) is 14.8 Å². The molecule has 2 heterocycles. The number of amides is 1. The van der Waals surface area contributed by atoms with Gasteiger partial charge in [0.1, 0.15) is 5.69 Å². The minimum absolute atomic E-state index is 0.0415. The predicted octanol–water partition coefficient (Wildman–Crippen LogP) is 3.61. The summed E-state index contributed by atoms with van der Waals surface area (Å²) in [5.74, 6) is 0.0415. The molecule has 0 spiro atoms. The molecule has 0 aliphatic carbocycles. The Bertz CT molecular complexity index is 710. The molecule has 134 valence electrons. The van der Waals surface area contributed by atoms with E-state index in [1.54, 1.807) is 0 Å². The van der Waals surface area contributed by atoms with Crippen LogP contribution in [0.3, 0.4) is 0 Å². The Balaban J connectivity index is 1.79. The Morgan fingerprint density at radius 1 is 1.32 bits per heavy atom. The van der Waals surface area contributed by atoms with E-state index in [4.69, 9.17) is 0 Å². The number of nitrogens with zero attached hydrogens (tertiary/aromatic N) is 3. The lowest BCUT2D eigenvalue weighted by atomic mass is 9.94. The first-order chi connectivity index (χ1) is 12.1. The number of hydrogen-bond donors (Lipinski definition) is 1. The van der Waals surface area contributed by atoms with Crippen LogP contribution < -0.4 is 5.32 Å². The first kappa shape index (κ1) is 17.9. The minimum Gasteiger partial charge on any atom is -0.365 e. The Kier molecular flexibility index (Phi) is 5.71. The van der Waals surface area contributed by atoms with E-state index in [1.807, 2.05) is 17.3 Å². The van der Waals surface area contributed by atoms with Gasteiger partial charge in [-0.15, -0.1) is 11.3 Å². The number of carbonyl (C=O) groups is 1. The summed E-state index contributed by atoms with van der Waals surface area (Å²) in [6, 6.07) is 8.85. The summed E-state index contributed by atoms with van der Waals surface area (Å²) in [6.45, 7) is 1.73. The third-order valence-electron chi connectivity index (χ3n) is 4.56. The molecular weight excluding hydrogens is 332 g/mol. The Hall–Kier alpha value is -1.92. The van der Waals surface area contributed by atoms with Gasteiger partial charge in [0.05, 0.1) is 6.04 Å². The monoisotopic (exact) mass is 358 g/mol. The van der Waals surface area contributed by atoms with Crippen molar-refractivity contribution in [3.63, 3.8) is 0 Å². The molecule has 0 bridgehead atoms. The van der Waals surface area contributed by atoms with Gasteiger partial charge in [-0.2, -0.15) is 0 Å². The molecule has 6 heteroatoms. The third-order valence-corrected chi connectivity index (χ3v) is 5.42. The quantitative estimate of drug-likeness (QED) is 0.887. The van der Waals surface area contributed by atoms with E-state index in [2.05, 4.69) is 53.6 Å². The molecular formula is C19H26N4OS. The number of rotatable bonds is 5. The highest BCUT2D eigenvalue weighted by atomic mass is 32.1. The standard InChI is InChI=1S/C19H26N4OS/c1-20-19-21-16(13-25-19)18(24)23-11-5-4-6-17(23)15-9-7-14(8-10-15)12-22(2)3/h7-10,13,17H,4-6,11-12H2,1-3H3,(H,20,21)/t17-/m1/s1. The number of carbonyl (C=O) groups excluding carboxylic acids is 1. The van der Waals surface area contributed by atoms with E-state index in [0.29, 0.717) is 5.69 Å². The van der Waals surface area contributed by atoms with Crippen LogP contribution in [-0.2, 0) is 6.54 Å². The molecule has 1 aromatic carbocycles. The number of anilines is 1. The number of aromatic nitrogens is 1. The highest BCUT2D eigenvalue weighted by molar-refractivity contribution is 7.13. The number of benzene rings is 1. The lowest BCUT2D eigenvalue weighted by molar-refractivity contribution is 0.0606. The smallest absolute Gasteiger partial charge is 0.273 e. The molecule has 1 aliphatic rings. The molecule has 5 nitrogen and oxygen atoms in total. The van der Waals surface area contributed by atoms with Crippen LogP contribution in [0.4, 0.5) is 5.13 Å². The van der Waals surface area contributed by atoms with Crippen LogP contribution in [0.1, 0.15) is 46.9 Å². The van der Waals surface area contributed by atoms with Crippen molar-refractivity contribution in [3.05, 3.63) is 46.5 Å². The van der Waals surface area contributed by atoms with Crippen molar-refractivity contribution in [2.24, 2.45) is 0 Å². The van der Waals surface area contributed by atoms with Crippen molar-refractivity contribution < 1.29 is 4.79 Å². The van der Waals surface area contributed by atoms with Gasteiger partial charge in [-0.05, 0) is 44.5 Å². The van der Waals surface area contributed by atoms with Gasteiger partial charge in [0.15, 0.2) is 5.13 Å². The fraction of sp³-hybridized carbons (Fsp3) is 0.474. The van der Waals surface area contributed by atoms with E-state index < -0.39 is 0 Å². The predicted molar refractivity (Wildman–Crippen MR) is 103 cm³/mol. The average Bonchev–Trinajstić information content (AvgIpc) is 3.10. The maximum atomic E-state index is 13.0. The lowest BCUT2D eigenvalue weighted by Crippen LogP contribution is -2.38. The summed E-state index contributed by atoms with van der Waals surface area (Å²) in [4.78, 5) is 21.5.